The molecule has 0 bridgehead atoms. The Bertz CT molecular complexity index is 798. The van der Waals surface area contributed by atoms with E-state index in [1.54, 1.807) is 0 Å². The van der Waals surface area contributed by atoms with Crippen molar-refractivity contribution in [2.75, 3.05) is 53.5 Å². The van der Waals surface area contributed by atoms with Gasteiger partial charge in [0.25, 0.3) is 0 Å². The number of likely N-dealkylation sites (N-methyl/N-ethyl adjacent to an activating group) is 1. The number of imide groups is 1. The zero-order valence-corrected chi connectivity index (χ0v) is 22.5. The Hall–Kier alpha value is -2.00. The molecule has 1 spiro atoms. The first-order valence-electron chi connectivity index (χ1n) is 13.7. The van der Waals surface area contributed by atoms with Crippen molar-refractivity contribution in [2.45, 2.75) is 64.2 Å². The van der Waals surface area contributed by atoms with Crippen LogP contribution in [0.5, 0.6) is 0 Å². The number of benzene rings is 1. The van der Waals surface area contributed by atoms with E-state index in [-0.39, 0.29) is 17.9 Å². The molecule has 2 N–H and O–H groups in total. The lowest BCUT2D eigenvalue weighted by Gasteiger charge is -2.38. The fourth-order valence-corrected chi connectivity index (χ4v) is 5.26. The molecule has 1 aromatic carbocycles. The maximum atomic E-state index is 13.9. The van der Waals surface area contributed by atoms with E-state index in [9.17, 15) is 9.59 Å². The van der Waals surface area contributed by atoms with E-state index in [1.807, 2.05) is 37.2 Å². The Balaban J connectivity index is 1.69. The summed E-state index contributed by atoms with van der Waals surface area (Å²) in [4.78, 5) is 30.4. The number of rotatable bonds is 13. The number of amides is 3. The fourth-order valence-electron chi connectivity index (χ4n) is 5.26. The van der Waals surface area contributed by atoms with Crippen molar-refractivity contribution in [3.05, 3.63) is 35.9 Å². The highest BCUT2D eigenvalue weighted by atomic mass is 16.7. The Kier molecular flexibility index (Phi) is 11.6. The molecule has 3 rings (SSSR count). The van der Waals surface area contributed by atoms with Gasteiger partial charge in [-0.1, -0.05) is 50.1 Å². The lowest BCUT2D eigenvalue weighted by atomic mass is 9.79. The van der Waals surface area contributed by atoms with Gasteiger partial charge in [-0.25, -0.2) is 4.79 Å². The Morgan fingerprint density at radius 2 is 1.89 bits per heavy atom. The fraction of sp³-hybridized carbons (Fsp3) is 0.714. The number of nitrogens with zero attached hydrogens (tertiary/aromatic N) is 2. The second-order valence-electron chi connectivity index (χ2n) is 10.5. The molecule has 8 nitrogen and oxygen atoms in total. The largest absolute Gasteiger partial charge is 0.348 e. The number of hydrogen-bond acceptors (Lipinski definition) is 6. The summed E-state index contributed by atoms with van der Waals surface area (Å²) in [6.45, 7) is 6.28. The second kappa shape index (κ2) is 14.7. The van der Waals surface area contributed by atoms with Crippen molar-refractivity contribution >= 4 is 11.9 Å². The molecule has 1 heterocycles. The maximum absolute atomic E-state index is 13.9. The predicted octanol–water partition coefficient (Wildman–Crippen LogP) is 3.62. The monoisotopic (exact) mass is 502 g/mol. The normalized spacial score (nSPS) is 19.9. The van der Waals surface area contributed by atoms with Crippen molar-refractivity contribution in [3.63, 3.8) is 0 Å². The van der Waals surface area contributed by atoms with Crippen LogP contribution in [0.4, 0.5) is 4.79 Å². The molecule has 36 heavy (non-hydrogen) atoms. The molecule has 0 aromatic heterocycles. The lowest BCUT2D eigenvalue weighted by molar-refractivity contribution is -0.188. The van der Waals surface area contributed by atoms with Gasteiger partial charge < -0.3 is 25.0 Å². The molecule has 2 aliphatic rings. The van der Waals surface area contributed by atoms with E-state index < -0.39 is 5.79 Å². The third kappa shape index (κ3) is 8.83. The first-order chi connectivity index (χ1) is 17.4. The highest BCUT2D eigenvalue weighted by Crippen LogP contribution is 2.41. The molecule has 1 aliphatic carbocycles. The Labute approximate surface area is 217 Å². The molecule has 0 radical (unpaired) electrons. The van der Waals surface area contributed by atoms with Crippen LogP contribution in [0.3, 0.4) is 0 Å². The molecule has 8 heteroatoms. The number of urea groups is 1. The molecule has 202 valence electrons. The van der Waals surface area contributed by atoms with E-state index in [0.717, 1.165) is 51.5 Å². The number of nitrogens with one attached hydrogen (secondary N) is 2. The van der Waals surface area contributed by atoms with Gasteiger partial charge in [0.15, 0.2) is 5.79 Å². The maximum Gasteiger partial charge on any atom is 0.324 e. The second-order valence-corrected chi connectivity index (χ2v) is 10.5. The van der Waals surface area contributed by atoms with Crippen LogP contribution in [-0.4, -0.2) is 81.0 Å². The SMILES string of the molecule is CCCCN(C(=O)NCCN(C)C)C(=O)C(CNCc1ccccc1)CC1CCCC2(C1)OCCO2. The van der Waals surface area contributed by atoms with Gasteiger partial charge in [-0.3, -0.25) is 9.69 Å². The molecular formula is C28H46N4O4. The first-order valence-corrected chi connectivity index (χ1v) is 13.7. The topological polar surface area (TPSA) is 83.1 Å². The van der Waals surface area contributed by atoms with Crippen molar-refractivity contribution in [1.29, 1.82) is 0 Å². The lowest BCUT2D eigenvalue weighted by Crippen LogP contribution is -2.50. The molecule has 3 amide bonds. The van der Waals surface area contributed by atoms with E-state index >= 15 is 0 Å². The van der Waals surface area contributed by atoms with Crippen LogP contribution in [0.1, 0.15) is 57.4 Å². The summed E-state index contributed by atoms with van der Waals surface area (Å²) in [6, 6.07) is 9.92. The van der Waals surface area contributed by atoms with Gasteiger partial charge in [0.2, 0.25) is 5.91 Å². The average molecular weight is 503 g/mol. The van der Waals surface area contributed by atoms with Gasteiger partial charge in [0, 0.05) is 45.6 Å². The van der Waals surface area contributed by atoms with E-state index in [2.05, 4.69) is 29.7 Å². The van der Waals surface area contributed by atoms with Crippen LogP contribution in [0.2, 0.25) is 0 Å². The Morgan fingerprint density at radius 1 is 1.14 bits per heavy atom. The van der Waals surface area contributed by atoms with Crippen molar-refractivity contribution in [1.82, 2.24) is 20.4 Å². The van der Waals surface area contributed by atoms with E-state index in [4.69, 9.17) is 9.47 Å². The third-order valence-corrected chi connectivity index (χ3v) is 7.19. The average Bonchev–Trinajstić information content (AvgIpc) is 3.31. The molecule has 1 saturated carbocycles. The van der Waals surface area contributed by atoms with Gasteiger partial charge in [-0.2, -0.15) is 0 Å². The summed E-state index contributed by atoms with van der Waals surface area (Å²) in [5.74, 6) is -0.514. The van der Waals surface area contributed by atoms with Crippen LogP contribution in [-0.2, 0) is 20.8 Å². The number of hydrogen-bond donors (Lipinski definition) is 2. The molecule has 1 saturated heterocycles. The van der Waals surface area contributed by atoms with Gasteiger partial charge >= 0.3 is 6.03 Å². The van der Waals surface area contributed by atoms with Crippen molar-refractivity contribution in [2.24, 2.45) is 11.8 Å². The predicted molar refractivity (Wildman–Crippen MR) is 141 cm³/mol. The standard InChI is InChI=1S/C28H46N4O4/c1-4-5-15-32(27(34)30-14-16-31(2)3)26(33)25(22-29-21-23-10-7-6-8-11-23)19-24-12-9-13-28(20-24)35-17-18-36-28/h6-8,10-11,24-25,29H,4-5,9,12-22H2,1-3H3,(H,30,34). The van der Waals surface area contributed by atoms with Gasteiger partial charge in [0.05, 0.1) is 19.1 Å². The van der Waals surface area contributed by atoms with Crippen LogP contribution in [0, 0.1) is 11.8 Å². The number of ether oxygens (including phenoxy) is 2. The molecule has 1 aromatic rings. The smallest absolute Gasteiger partial charge is 0.324 e. The summed E-state index contributed by atoms with van der Waals surface area (Å²) in [5.41, 5.74) is 1.18. The van der Waals surface area contributed by atoms with Crippen molar-refractivity contribution < 1.29 is 19.1 Å². The van der Waals surface area contributed by atoms with Gasteiger partial charge in [-0.15, -0.1) is 0 Å². The van der Waals surface area contributed by atoms with E-state index in [0.29, 0.717) is 45.3 Å². The van der Waals surface area contributed by atoms with Gasteiger partial charge in [0.1, 0.15) is 0 Å². The quantitative estimate of drug-likeness (QED) is 0.429. The van der Waals surface area contributed by atoms with Crippen LogP contribution in [0.15, 0.2) is 30.3 Å². The molecule has 2 unspecified atom stereocenters. The molecule has 2 atom stereocenters. The Morgan fingerprint density at radius 3 is 2.58 bits per heavy atom. The zero-order chi connectivity index (χ0) is 25.8. The summed E-state index contributed by atoms with van der Waals surface area (Å²) >= 11 is 0. The third-order valence-electron chi connectivity index (χ3n) is 7.19. The summed E-state index contributed by atoms with van der Waals surface area (Å²) in [5, 5.41) is 6.44. The van der Waals surface area contributed by atoms with Crippen LogP contribution in [0.25, 0.3) is 0 Å². The van der Waals surface area contributed by atoms with E-state index in [1.165, 1.54) is 10.5 Å². The highest BCUT2D eigenvalue weighted by molar-refractivity contribution is 5.95. The highest BCUT2D eigenvalue weighted by Gasteiger charge is 2.42. The minimum absolute atomic E-state index is 0.0840. The zero-order valence-electron chi connectivity index (χ0n) is 22.5. The summed E-state index contributed by atoms with van der Waals surface area (Å²) in [6.07, 6.45) is 6.28. The minimum Gasteiger partial charge on any atom is -0.348 e. The molecule has 2 fully saturated rings. The van der Waals surface area contributed by atoms with Crippen molar-refractivity contribution in [3.8, 4) is 0 Å². The minimum atomic E-state index is -0.473. The van der Waals surface area contributed by atoms with Crippen LogP contribution < -0.4 is 10.6 Å². The summed E-state index contributed by atoms with van der Waals surface area (Å²) < 4.78 is 12.0. The molecule has 1 aliphatic heterocycles. The van der Waals surface area contributed by atoms with Gasteiger partial charge in [-0.05, 0) is 44.8 Å². The van der Waals surface area contributed by atoms with Crippen LogP contribution >= 0.6 is 0 Å². The molecular weight excluding hydrogens is 456 g/mol. The summed E-state index contributed by atoms with van der Waals surface area (Å²) in [7, 11) is 3.94. The number of unbranched alkanes of at least 4 members (excludes halogenated alkanes) is 1. The number of carbonyl (C=O) groups is 2. The number of carbonyl (C=O) groups excluding carboxylic acids is 2. The first kappa shape index (κ1) is 28.6.